The van der Waals surface area contributed by atoms with Crippen molar-refractivity contribution >= 4 is 0 Å². The zero-order valence-corrected chi connectivity index (χ0v) is 8.66. The molecule has 0 atom stereocenters. The molecule has 0 heterocycles. The largest absolute Gasteiger partial charge is 0.271 e. The van der Waals surface area contributed by atoms with Crippen LogP contribution in [0.4, 0.5) is 8.78 Å². The van der Waals surface area contributed by atoms with Crippen LogP contribution in [0.2, 0.25) is 0 Å². The molecule has 0 aromatic rings. The first-order valence-electron chi connectivity index (χ1n) is 4.83. The minimum atomic E-state index is -2.46. The molecule has 0 aromatic carbocycles. The average molecular weight is 194 g/mol. The molecule has 0 saturated heterocycles. The Morgan fingerprint density at radius 1 is 1.08 bits per heavy atom. The fourth-order valence-corrected chi connectivity index (χ4v) is 1.31. The van der Waals surface area contributed by atoms with E-state index in [2.05, 4.69) is 5.43 Å². The fraction of sp³-hybridized carbons (Fsp3) is 1.00. The summed E-state index contributed by atoms with van der Waals surface area (Å²) >= 11 is 0. The molecule has 0 aliphatic heterocycles. The summed E-state index contributed by atoms with van der Waals surface area (Å²) in [6, 6.07) is 0. The monoisotopic (exact) mass is 194 g/mol. The maximum Gasteiger partial charge on any atom is 0.248 e. The number of nitrogens with two attached hydrogens (primary N) is 1. The molecule has 80 valence electrons. The van der Waals surface area contributed by atoms with E-state index in [-0.39, 0.29) is 18.4 Å². The normalized spacial score (nSPS) is 24.5. The van der Waals surface area contributed by atoms with Crippen LogP contribution in [-0.2, 0) is 0 Å². The van der Waals surface area contributed by atoms with Crippen LogP contribution in [0.15, 0.2) is 0 Å². The second-order valence-corrected chi connectivity index (χ2v) is 3.56. The smallest absolute Gasteiger partial charge is 0.248 e. The van der Waals surface area contributed by atoms with Gasteiger partial charge < -0.3 is 0 Å². The Kier molecular flexibility index (Phi) is 4.78. The summed E-state index contributed by atoms with van der Waals surface area (Å²) in [6.45, 7) is 5.88. The van der Waals surface area contributed by atoms with Gasteiger partial charge in [0.2, 0.25) is 5.92 Å². The van der Waals surface area contributed by atoms with E-state index in [0.717, 1.165) is 0 Å². The summed E-state index contributed by atoms with van der Waals surface area (Å²) in [5, 5.41) is 0. The van der Waals surface area contributed by atoms with Crippen molar-refractivity contribution in [2.45, 2.75) is 57.9 Å². The molecule has 1 fully saturated rings. The summed E-state index contributed by atoms with van der Waals surface area (Å²) in [4.78, 5) is 0. The first kappa shape index (κ1) is 12.8. The molecule has 1 aliphatic rings. The highest BCUT2D eigenvalue weighted by molar-refractivity contribution is 4.90. The zero-order chi connectivity index (χ0) is 10.5. The minimum absolute atomic E-state index is 0.0479. The van der Waals surface area contributed by atoms with Crippen LogP contribution in [0.25, 0.3) is 0 Å². The maximum atomic E-state index is 12.6. The molecule has 3 N–H and O–H groups in total. The Bertz CT molecular complexity index is 139. The number of nitrogens with one attached hydrogen (secondary N) is 1. The van der Waals surface area contributed by atoms with Gasteiger partial charge in [-0.25, -0.2) is 8.78 Å². The van der Waals surface area contributed by atoms with Crippen molar-refractivity contribution in [1.29, 1.82) is 0 Å². The van der Waals surface area contributed by atoms with Crippen LogP contribution in [0.3, 0.4) is 0 Å². The maximum absolute atomic E-state index is 12.6. The van der Waals surface area contributed by atoms with E-state index in [0.29, 0.717) is 12.8 Å². The molecular formula is C9H20F2N2. The van der Waals surface area contributed by atoms with Crippen LogP contribution < -0.4 is 11.3 Å². The van der Waals surface area contributed by atoms with E-state index in [4.69, 9.17) is 5.84 Å². The molecule has 0 unspecified atom stereocenters. The average Bonchev–Trinajstić information content (AvgIpc) is 2.14. The highest BCUT2D eigenvalue weighted by Gasteiger charge is 2.39. The van der Waals surface area contributed by atoms with E-state index < -0.39 is 5.92 Å². The Morgan fingerprint density at radius 2 is 1.46 bits per heavy atom. The van der Waals surface area contributed by atoms with Gasteiger partial charge in [-0.05, 0) is 19.8 Å². The van der Waals surface area contributed by atoms with Crippen LogP contribution in [-0.4, -0.2) is 11.5 Å². The van der Waals surface area contributed by atoms with Crippen LogP contribution in [0.1, 0.15) is 46.5 Å². The second-order valence-electron chi connectivity index (χ2n) is 3.56. The van der Waals surface area contributed by atoms with Gasteiger partial charge >= 0.3 is 0 Å². The second kappa shape index (κ2) is 4.86. The predicted molar refractivity (Wildman–Crippen MR) is 50.5 cm³/mol. The first-order chi connectivity index (χ1) is 5.97. The van der Waals surface area contributed by atoms with Gasteiger partial charge in [-0.2, -0.15) is 0 Å². The molecular weight excluding hydrogens is 174 g/mol. The highest BCUT2D eigenvalue weighted by atomic mass is 19.3. The van der Waals surface area contributed by atoms with Crippen LogP contribution in [0.5, 0.6) is 0 Å². The van der Waals surface area contributed by atoms with Gasteiger partial charge in [0, 0.05) is 18.4 Å². The third kappa shape index (κ3) is 4.00. The van der Waals surface area contributed by atoms with Crippen molar-refractivity contribution < 1.29 is 8.78 Å². The number of halogens is 2. The van der Waals surface area contributed by atoms with Crippen molar-refractivity contribution in [2.24, 2.45) is 5.84 Å². The van der Waals surface area contributed by atoms with Crippen molar-refractivity contribution in [2.75, 3.05) is 0 Å². The van der Waals surface area contributed by atoms with E-state index >= 15 is 0 Å². The SMILES string of the molecule is CC.CC1(NN)CCC(F)(F)CC1. The Morgan fingerprint density at radius 3 is 1.77 bits per heavy atom. The molecule has 0 radical (unpaired) electrons. The third-order valence-electron chi connectivity index (χ3n) is 2.43. The summed E-state index contributed by atoms with van der Waals surface area (Å²) in [5.41, 5.74) is 2.31. The molecule has 1 saturated carbocycles. The van der Waals surface area contributed by atoms with Gasteiger partial charge in [-0.15, -0.1) is 0 Å². The molecule has 1 rings (SSSR count). The van der Waals surface area contributed by atoms with Crippen molar-refractivity contribution in [3.05, 3.63) is 0 Å². The molecule has 0 aromatic heterocycles. The van der Waals surface area contributed by atoms with Crippen molar-refractivity contribution in [3.8, 4) is 0 Å². The Hall–Kier alpha value is -0.220. The molecule has 0 amide bonds. The fourth-order valence-electron chi connectivity index (χ4n) is 1.31. The molecule has 1 aliphatic carbocycles. The quantitative estimate of drug-likeness (QED) is 0.497. The standard InChI is InChI=1S/C7H14F2N2.C2H6/c1-6(11-10)2-4-7(8,9)5-3-6;1-2/h11H,2-5,10H2,1H3;1-2H3. The number of alkyl halides is 2. The number of hydrogen-bond acceptors (Lipinski definition) is 2. The van der Waals surface area contributed by atoms with E-state index in [9.17, 15) is 8.78 Å². The molecule has 0 bridgehead atoms. The topological polar surface area (TPSA) is 38.0 Å². The molecule has 0 spiro atoms. The van der Waals surface area contributed by atoms with Gasteiger partial charge in [-0.3, -0.25) is 11.3 Å². The van der Waals surface area contributed by atoms with Gasteiger partial charge in [0.1, 0.15) is 0 Å². The van der Waals surface area contributed by atoms with Crippen molar-refractivity contribution in [1.82, 2.24) is 5.43 Å². The lowest BCUT2D eigenvalue weighted by atomic mass is 9.82. The first-order valence-corrected chi connectivity index (χ1v) is 4.83. The summed E-state index contributed by atoms with van der Waals surface area (Å²) in [7, 11) is 0. The predicted octanol–water partition coefficient (Wildman–Crippen LogP) is 2.44. The molecule has 4 heteroatoms. The van der Waals surface area contributed by atoms with Crippen LogP contribution in [0, 0.1) is 0 Å². The molecule has 13 heavy (non-hydrogen) atoms. The number of rotatable bonds is 1. The number of hydrazine groups is 1. The Balaban J connectivity index is 0.000000671. The lowest BCUT2D eigenvalue weighted by Gasteiger charge is -2.36. The van der Waals surface area contributed by atoms with E-state index in [1.165, 1.54) is 0 Å². The highest BCUT2D eigenvalue weighted by Crippen LogP contribution is 2.37. The number of hydrogen-bond donors (Lipinski definition) is 2. The zero-order valence-electron chi connectivity index (χ0n) is 8.66. The van der Waals surface area contributed by atoms with Crippen molar-refractivity contribution in [3.63, 3.8) is 0 Å². The Labute approximate surface area is 78.8 Å². The van der Waals surface area contributed by atoms with Gasteiger partial charge in [0.15, 0.2) is 0 Å². The minimum Gasteiger partial charge on any atom is -0.271 e. The van der Waals surface area contributed by atoms with E-state index in [1.807, 2.05) is 20.8 Å². The summed E-state index contributed by atoms with van der Waals surface area (Å²) in [6.07, 6.45) is 0.814. The summed E-state index contributed by atoms with van der Waals surface area (Å²) < 4.78 is 25.2. The van der Waals surface area contributed by atoms with Gasteiger partial charge in [0.25, 0.3) is 0 Å². The third-order valence-corrected chi connectivity index (χ3v) is 2.43. The summed E-state index contributed by atoms with van der Waals surface area (Å²) in [5.74, 6) is 2.77. The lowest BCUT2D eigenvalue weighted by Crippen LogP contribution is -2.50. The van der Waals surface area contributed by atoms with Gasteiger partial charge in [0.05, 0.1) is 0 Å². The lowest BCUT2D eigenvalue weighted by molar-refractivity contribution is -0.0532. The van der Waals surface area contributed by atoms with Crippen LogP contribution >= 0.6 is 0 Å². The molecule has 2 nitrogen and oxygen atoms in total. The van der Waals surface area contributed by atoms with E-state index in [1.54, 1.807) is 0 Å². The van der Waals surface area contributed by atoms with Gasteiger partial charge in [-0.1, -0.05) is 13.8 Å².